The van der Waals surface area contributed by atoms with E-state index in [-0.39, 0.29) is 0 Å². The number of nitrogens with one attached hydrogen (secondary N) is 1. The summed E-state index contributed by atoms with van der Waals surface area (Å²) in [6.07, 6.45) is 4.34. The number of para-hydroxylation sites is 1. The van der Waals surface area contributed by atoms with Crippen LogP contribution in [0.25, 0.3) is 0 Å². The smallest absolute Gasteiger partial charge is 0.149 e. The minimum Gasteiger partial charge on any atom is -0.367 e. The number of anilines is 2. The molecule has 1 N–H and O–H groups in total. The summed E-state index contributed by atoms with van der Waals surface area (Å²) in [6.45, 7) is 4.01. The van der Waals surface area contributed by atoms with Crippen LogP contribution in [0.5, 0.6) is 0 Å². The normalized spacial score (nSPS) is 17.1. The second-order valence-electron chi connectivity index (χ2n) is 5.03. The maximum atomic E-state index is 5.82. The molecule has 0 amide bonds. The molecule has 0 saturated carbocycles. The molecule has 1 aliphatic heterocycles. The molecule has 1 unspecified atom stereocenters. The van der Waals surface area contributed by atoms with Crippen molar-refractivity contribution in [3.63, 3.8) is 0 Å². The van der Waals surface area contributed by atoms with Crippen molar-refractivity contribution in [2.45, 2.75) is 19.4 Å². The molecule has 0 saturated heterocycles. The Kier molecular flexibility index (Phi) is 3.74. The van der Waals surface area contributed by atoms with Crippen LogP contribution in [0.3, 0.4) is 0 Å². The molecule has 0 bridgehead atoms. The predicted molar refractivity (Wildman–Crippen MR) is 82.5 cm³/mol. The van der Waals surface area contributed by atoms with Crippen LogP contribution in [0.15, 0.2) is 36.7 Å². The first kappa shape index (κ1) is 13.2. The molecule has 0 fully saturated rings. The summed E-state index contributed by atoms with van der Waals surface area (Å²) in [5, 5.41) is 3.68. The van der Waals surface area contributed by atoms with Crippen molar-refractivity contribution < 1.29 is 0 Å². The molecule has 4 nitrogen and oxygen atoms in total. The Balaban J connectivity index is 1.62. The van der Waals surface area contributed by atoms with E-state index in [0.29, 0.717) is 11.2 Å². The lowest BCUT2D eigenvalue weighted by atomic mass is 10.1. The SMILES string of the molecule is CC1Cc2ccccc2N1CCNc1cncc(Cl)n1. The lowest BCUT2D eigenvalue weighted by Crippen LogP contribution is -2.33. The van der Waals surface area contributed by atoms with Gasteiger partial charge < -0.3 is 10.2 Å². The van der Waals surface area contributed by atoms with Crippen LogP contribution < -0.4 is 10.2 Å². The third kappa shape index (κ3) is 2.70. The predicted octanol–water partition coefficient (Wildman–Crippen LogP) is 2.99. The van der Waals surface area contributed by atoms with E-state index in [1.165, 1.54) is 17.4 Å². The van der Waals surface area contributed by atoms with Gasteiger partial charge in [0.05, 0.1) is 12.4 Å². The van der Waals surface area contributed by atoms with Gasteiger partial charge in [-0.2, -0.15) is 0 Å². The fraction of sp³-hybridized carbons (Fsp3) is 0.333. The third-order valence-corrected chi connectivity index (χ3v) is 3.79. The number of hydrogen-bond acceptors (Lipinski definition) is 4. The zero-order valence-electron chi connectivity index (χ0n) is 11.4. The van der Waals surface area contributed by atoms with Crippen LogP contribution >= 0.6 is 11.6 Å². The van der Waals surface area contributed by atoms with E-state index in [0.717, 1.165) is 25.3 Å². The Morgan fingerprint density at radius 3 is 3.05 bits per heavy atom. The Labute approximate surface area is 123 Å². The van der Waals surface area contributed by atoms with Crippen LogP contribution in [-0.4, -0.2) is 29.1 Å². The second kappa shape index (κ2) is 5.67. The van der Waals surface area contributed by atoms with E-state index >= 15 is 0 Å². The van der Waals surface area contributed by atoms with Gasteiger partial charge in [-0.3, -0.25) is 4.98 Å². The topological polar surface area (TPSA) is 41.0 Å². The molecule has 0 radical (unpaired) electrons. The number of benzene rings is 1. The monoisotopic (exact) mass is 288 g/mol. The highest BCUT2D eigenvalue weighted by Gasteiger charge is 2.24. The molecular weight excluding hydrogens is 272 g/mol. The van der Waals surface area contributed by atoms with Gasteiger partial charge in [0.1, 0.15) is 11.0 Å². The number of aromatic nitrogens is 2. The summed E-state index contributed by atoms with van der Waals surface area (Å²) in [5.74, 6) is 0.720. The second-order valence-corrected chi connectivity index (χ2v) is 5.42. The van der Waals surface area contributed by atoms with Crippen molar-refractivity contribution >= 4 is 23.1 Å². The highest BCUT2D eigenvalue weighted by Crippen LogP contribution is 2.31. The van der Waals surface area contributed by atoms with Crippen LogP contribution in [0.2, 0.25) is 5.15 Å². The van der Waals surface area contributed by atoms with Crippen molar-refractivity contribution in [1.82, 2.24) is 9.97 Å². The molecule has 1 aromatic carbocycles. The fourth-order valence-corrected chi connectivity index (χ4v) is 2.85. The Bertz CT molecular complexity index is 602. The standard InChI is InChI=1S/C15H17ClN4/c1-11-8-12-4-2-3-5-13(12)20(11)7-6-18-15-10-17-9-14(16)19-15/h2-5,9-11H,6-8H2,1H3,(H,18,19). The van der Waals surface area contributed by atoms with E-state index in [1.54, 1.807) is 6.20 Å². The third-order valence-electron chi connectivity index (χ3n) is 3.61. The van der Waals surface area contributed by atoms with Gasteiger partial charge in [0, 0.05) is 24.8 Å². The lowest BCUT2D eigenvalue weighted by molar-refractivity contribution is 0.680. The van der Waals surface area contributed by atoms with E-state index in [2.05, 4.69) is 51.4 Å². The van der Waals surface area contributed by atoms with Crippen LogP contribution in [-0.2, 0) is 6.42 Å². The van der Waals surface area contributed by atoms with Gasteiger partial charge in [-0.25, -0.2) is 4.98 Å². The van der Waals surface area contributed by atoms with Gasteiger partial charge in [-0.15, -0.1) is 0 Å². The summed E-state index contributed by atoms with van der Waals surface area (Å²) in [7, 11) is 0. The number of rotatable bonds is 4. The molecule has 104 valence electrons. The molecule has 1 aromatic heterocycles. The summed E-state index contributed by atoms with van der Waals surface area (Å²) in [5.41, 5.74) is 2.78. The minimum atomic E-state index is 0.412. The largest absolute Gasteiger partial charge is 0.367 e. The molecular formula is C15H17ClN4. The molecule has 1 aliphatic rings. The van der Waals surface area contributed by atoms with Gasteiger partial charge in [0.2, 0.25) is 0 Å². The maximum absolute atomic E-state index is 5.82. The molecule has 5 heteroatoms. The number of fused-ring (bicyclic) bond motifs is 1. The molecule has 2 aromatic rings. The number of nitrogens with zero attached hydrogens (tertiary/aromatic N) is 3. The number of hydrogen-bond donors (Lipinski definition) is 1. The summed E-state index contributed by atoms with van der Waals surface area (Å²) >= 11 is 5.82. The molecule has 1 atom stereocenters. The Morgan fingerprint density at radius 1 is 1.35 bits per heavy atom. The van der Waals surface area contributed by atoms with Gasteiger partial charge >= 0.3 is 0 Å². The maximum Gasteiger partial charge on any atom is 0.149 e. The minimum absolute atomic E-state index is 0.412. The molecule has 20 heavy (non-hydrogen) atoms. The summed E-state index contributed by atoms with van der Waals surface area (Å²) in [4.78, 5) is 10.6. The molecule has 0 spiro atoms. The quantitative estimate of drug-likeness (QED) is 0.939. The van der Waals surface area contributed by atoms with Crippen LogP contribution in [0.4, 0.5) is 11.5 Å². The Hall–Kier alpha value is -1.81. The van der Waals surface area contributed by atoms with E-state index in [9.17, 15) is 0 Å². The molecule has 3 rings (SSSR count). The zero-order valence-corrected chi connectivity index (χ0v) is 12.1. The van der Waals surface area contributed by atoms with Crippen LogP contribution in [0.1, 0.15) is 12.5 Å². The van der Waals surface area contributed by atoms with Gasteiger partial charge in [0.25, 0.3) is 0 Å². The number of halogens is 1. The van der Waals surface area contributed by atoms with Gasteiger partial charge in [0.15, 0.2) is 0 Å². The van der Waals surface area contributed by atoms with Crippen molar-refractivity contribution in [3.8, 4) is 0 Å². The molecule has 2 heterocycles. The average Bonchev–Trinajstić information content (AvgIpc) is 2.75. The summed E-state index contributed by atoms with van der Waals surface area (Å²) < 4.78 is 0. The highest BCUT2D eigenvalue weighted by atomic mass is 35.5. The zero-order chi connectivity index (χ0) is 13.9. The van der Waals surface area contributed by atoms with Gasteiger partial charge in [-0.05, 0) is 25.0 Å². The van der Waals surface area contributed by atoms with E-state index in [4.69, 9.17) is 11.6 Å². The van der Waals surface area contributed by atoms with Crippen molar-refractivity contribution in [2.24, 2.45) is 0 Å². The first-order chi connectivity index (χ1) is 9.74. The molecule has 0 aliphatic carbocycles. The average molecular weight is 289 g/mol. The van der Waals surface area contributed by atoms with E-state index in [1.807, 2.05) is 0 Å². The summed E-state index contributed by atoms with van der Waals surface area (Å²) in [6, 6.07) is 9.15. The highest BCUT2D eigenvalue weighted by molar-refractivity contribution is 6.29. The first-order valence-electron chi connectivity index (χ1n) is 6.80. The van der Waals surface area contributed by atoms with Crippen molar-refractivity contribution in [1.29, 1.82) is 0 Å². The van der Waals surface area contributed by atoms with Crippen molar-refractivity contribution in [3.05, 3.63) is 47.4 Å². The van der Waals surface area contributed by atoms with Crippen LogP contribution in [0, 0.1) is 0 Å². The lowest BCUT2D eigenvalue weighted by Gasteiger charge is -2.25. The first-order valence-corrected chi connectivity index (χ1v) is 7.18. The van der Waals surface area contributed by atoms with Crippen molar-refractivity contribution in [2.75, 3.05) is 23.3 Å². The Morgan fingerprint density at radius 2 is 2.20 bits per heavy atom. The van der Waals surface area contributed by atoms with E-state index < -0.39 is 0 Å². The van der Waals surface area contributed by atoms with Gasteiger partial charge in [-0.1, -0.05) is 29.8 Å². The fourth-order valence-electron chi connectivity index (χ4n) is 2.70.